The SMILES string of the molecule is Nc1nccc(-n2c(OC3CN(CCO)C3)nc3ccc(Br)cc32)n1. The number of β-amino-alcohol motifs (C(OH)–C–C–N with tert-alkyl or cyclic N) is 1. The molecule has 0 amide bonds. The number of halogens is 1. The quantitative estimate of drug-likeness (QED) is 0.658. The Hall–Kier alpha value is -2.23. The molecule has 0 aliphatic carbocycles. The summed E-state index contributed by atoms with van der Waals surface area (Å²) in [6.07, 6.45) is 1.64. The summed E-state index contributed by atoms with van der Waals surface area (Å²) in [4.78, 5) is 15.0. The number of ether oxygens (including phenoxy) is 1. The van der Waals surface area contributed by atoms with E-state index >= 15 is 0 Å². The Morgan fingerprint density at radius 1 is 1.28 bits per heavy atom. The van der Waals surface area contributed by atoms with Gasteiger partial charge in [-0.05, 0) is 18.2 Å². The van der Waals surface area contributed by atoms with Crippen LogP contribution in [0.5, 0.6) is 6.01 Å². The Kier molecular flexibility index (Phi) is 4.28. The van der Waals surface area contributed by atoms with Gasteiger partial charge in [0.25, 0.3) is 0 Å². The van der Waals surface area contributed by atoms with Crippen molar-refractivity contribution in [3.05, 3.63) is 34.9 Å². The van der Waals surface area contributed by atoms with E-state index in [0.717, 1.165) is 28.6 Å². The molecule has 25 heavy (non-hydrogen) atoms. The molecule has 0 spiro atoms. The molecule has 1 saturated heterocycles. The predicted molar refractivity (Wildman–Crippen MR) is 96.7 cm³/mol. The highest BCUT2D eigenvalue weighted by molar-refractivity contribution is 9.10. The first kappa shape index (κ1) is 16.2. The molecule has 1 aromatic carbocycles. The lowest BCUT2D eigenvalue weighted by Crippen LogP contribution is -2.54. The number of aromatic nitrogens is 4. The Balaban J connectivity index is 1.72. The number of nitrogens with two attached hydrogens (primary N) is 1. The normalized spacial score (nSPS) is 15.4. The van der Waals surface area contributed by atoms with Gasteiger partial charge in [-0.15, -0.1) is 0 Å². The first-order valence-electron chi connectivity index (χ1n) is 7.91. The molecule has 0 atom stereocenters. The number of nitrogen functional groups attached to an aromatic ring is 1. The molecule has 1 aliphatic heterocycles. The van der Waals surface area contributed by atoms with E-state index in [2.05, 4.69) is 35.8 Å². The van der Waals surface area contributed by atoms with Crippen molar-refractivity contribution in [3.63, 3.8) is 0 Å². The molecular weight excluding hydrogens is 388 g/mol. The molecule has 3 heterocycles. The third kappa shape index (κ3) is 3.17. The van der Waals surface area contributed by atoms with E-state index < -0.39 is 0 Å². The molecule has 0 saturated carbocycles. The van der Waals surface area contributed by atoms with Gasteiger partial charge in [0.15, 0.2) is 0 Å². The lowest BCUT2D eigenvalue weighted by Gasteiger charge is -2.38. The van der Waals surface area contributed by atoms with E-state index in [1.54, 1.807) is 12.3 Å². The molecule has 2 aromatic heterocycles. The maximum absolute atomic E-state index is 8.99. The molecule has 1 fully saturated rings. The van der Waals surface area contributed by atoms with Crippen molar-refractivity contribution in [2.75, 3.05) is 32.0 Å². The Morgan fingerprint density at radius 2 is 2.12 bits per heavy atom. The summed E-state index contributed by atoms with van der Waals surface area (Å²) in [5.74, 6) is 0.799. The smallest absolute Gasteiger partial charge is 0.303 e. The van der Waals surface area contributed by atoms with Crippen LogP contribution in [0.25, 0.3) is 16.9 Å². The van der Waals surface area contributed by atoms with Crippen molar-refractivity contribution in [1.82, 2.24) is 24.4 Å². The molecule has 4 rings (SSSR count). The van der Waals surface area contributed by atoms with E-state index in [-0.39, 0.29) is 18.7 Å². The minimum atomic E-state index is 0.0322. The number of imidazole rings is 1. The van der Waals surface area contributed by atoms with Crippen LogP contribution < -0.4 is 10.5 Å². The van der Waals surface area contributed by atoms with Gasteiger partial charge >= 0.3 is 6.01 Å². The average Bonchev–Trinajstić information content (AvgIpc) is 2.90. The maximum atomic E-state index is 8.99. The second-order valence-corrected chi connectivity index (χ2v) is 6.77. The lowest BCUT2D eigenvalue weighted by atomic mass is 10.2. The van der Waals surface area contributed by atoms with Gasteiger partial charge in [0.1, 0.15) is 11.9 Å². The third-order valence-electron chi connectivity index (χ3n) is 4.09. The van der Waals surface area contributed by atoms with Gasteiger partial charge in [0.2, 0.25) is 5.95 Å². The van der Waals surface area contributed by atoms with Crippen LogP contribution in [0.3, 0.4) is 0 Å². The summed E-state index contributed by atoms with van der Waals surface area (Å²) in [7, 11) is 0. The fourth-order valence-electron chi connectivity index (χ4n) is 2.89. The number of benzene rings is 1. The van der Waals surface area contributed by atoms with Crippen LogP contribution in [0.1, 0.15) is 0 Å². The molecular formula is C16H17BrN6O2. The Morgan fingerprint density at radius 3 is 2.88 bits per heavy atom. The summed E-state index contributed by atoms with van der Waals surface area (Å²) >= 11 is 3.49. The number of aliphatic hydroxyl groups excluding tert-OH is 1. The van der Waals surface area contributed by atoms with Gasteiger partial charge in [-0.1, -0.05) is 15.9 Å². The lowest BCUT2D eigenvalue weighted by molar-refractivity contribution is 0.00484. The van der Waals surface area contributed by atoms with E-state index in [1.807, 2.05) is 22.8 Å². The molecule has 1 aliphatic rings. The van der Waals surface area contributed by atoms with Crippen molar-refractivity contribution in [1.29, 1.82) is 0 Å². The second kappa shape index (κ2) is 6.58. The summed E-state index contributed by atoms with van der Waals surface area (Å²) < 4.78 is 8.87. The van der Waals surface area contributed by atoms with E-state index in [1.165, 1.54) is 0 Å². The highest BCUT2D eigenvalue weighted by atomic mass is 79.9. The van der Waals surface area contributed by atoms with Crippen LogP contribution in [-0.4, -0.2) is 61.9 Å². The van der Waals surface area contributed by atoms with Gasteiger partial charge in [0.05, 0.1) is 17.6 Å². The average molecular weight is 405 g/mol. The monoisotopic (exact) mass is 404 g/mol. The molecule has 130 valence electrons. The molecule has 0 radical (unpaired) electrons. The standard InChI is InChI=1S/C16H17BrN6O2/c17-10-1-2-12-13(7-10)23(14-3-4-19-15(18)21-14)16(20-12)25-11-8-22(9-11)5-6-24/h1-4,7,11,24H,5-6,8-9H2,(H2,18,19,21). The number of hydrogen-bond acceptors (Lipinski definition) is 7. The number of aliphatic hydroxyl groups is 1. The van der Waals surface area contributed by atoms with Crippen LogP contribution in [0.15, 0.2) is 34.9 Å². The molecule has 9 heteroatoms. The van der Waals surface area contributed by atoms with E-state index in [0.29, 0.717) is 18.4 Å². The highest BCUT2D eigenvalue weighted by Crippen LogP contribution is 2.29. The number of hydrogen-bond donors (Lipinski definition) is 2. The van der Waals surface area contributed by atoms with Crippen LogP contribution in [0.4, 0.5) is 5.95 Å². The number of nitrogens with zero attached hydrogens (tertiary/aromatic N) is 5. The third-order valence-corrected chi connectivity index (χ3v) is 4.58. The van der Waals surface area contributed by atoms with Crippen molar-refractivity contribution >= 4 is 32.9 Å². The predicted octanol–water partition coefficient (Wildman–Crippen LogP) is 1.22. The van der Waals surface area contributed by atoms with Crippen LogP contribution in [-0.2, 0) is 0 Å². The highest BCUT2D eigenvalue weighted by Gasteiger charge is 2.30. The minimum Gasteiger partial charge on any atom is -0.458 e. The number of anilines is 1. The second-order valence-electron chi connectivity index (χ2n) is 5.86. The van der Waals surface area contributed by atoms with Gasteiger partial charge in [-0.2, -0.15) is 9.97 Å². The van der Waals surface area contributed by atoms with Crippen LogP contribution in [0, 0.1) is 0 Å². The van der Waals surface area contributed by atoms with E-state index in [4.69, 9.17) is 15.6 Å². The maximum Gasteiger partial charge on any atom is 0.303 e. The zero-order valence-corrected chi connectivity index (χ0v) is 14.9. The Labute approximate surface area is 152 Å². The molecule has 0 bridgehead atoms. The zero-order chi connectivity index (χ0) is 17.4. The first-order valence-corrected chi connectivity index (χ1v) is 8.70. The van der Waals surface area contributed by atoms with Gasteiger partial charge < -0.3 is 15.6 Å². The minimum absolute atomic E-state index is 0.0322. The summed E-state index contributed by atoms with van der Waals surface area (Å²) in [5.41, 5.74) is 7.42. The van der Waals surface area contributed by atoms with Crippen molar-refractivity contribution in [3.8, 4) is 11.8 Å². The fourth-order valence-corrected chi connectivity index (χ4v) is 3.23. The zero-order valence-electron chi connectivity index (χ0n) is 13.3. The number of fused-ring (bicyclic) bond motifs is 1. The molecule has 0 unspecified atom stereocenters. The summed E-state index contributed by atoms with van der Waals surface area (Å²) in [6.45, 7) is 2.34. The molecule has 8 nitrogen and oxygen atoms in total. The van der Waals surface area contributed by atoms with Gasteiger partial charge in [-0.25, -0.2) is 9.55 Å². The topological polar surface area (TPSA) is 102 Å². The van der Waals surface area contributed by atoms with Crippen molar-refractivity contribution in [2.24, 2.45) is 0 Å². The number of likely N-dealkylation sites (tertiary alicyclic amines) is 1. The molecule has 3 N–H and O–H groups in total. The first-order chi connectivity index (χ1) is 12.1. The van der Waals surface area contributed by atoms with Gasteiger partial charge in [-0.3, -0.25) is 4.90 Å². The van der Waals surface area contributed by atoms with Gasteiger partial charge in [0, 0.05) is 36.4 Å². The largest absolute Gasteiger partial charge is 0.458 e. The molecule has 3 aromatic rings. The van der Waals surface area contributed by atoms with Crippen LogP contribution in [0.2, 0.25) is 0 Å². The van der Waals surface area contributed by atoms with Crippen molar-refractivity contribution < 1.29 is 9.84 Å². The fraction of sp³-hybridized carbons (Fsp3) is 0.312. The summed E-state index contributed by atoms with van der Waals surface area (Å²) in [6, 6.07) is 8.06. The van der Waals surface area contributed by atoms with Crippen LogP contribution >= 0.6 is 15.9 Å². The summed E-state index contributed by atoms with van der Waals surface area (Å²) in [5, 5.41) is 8.99. The Bertz CT molecular complexity index is 909. The van der Waals surface area contributed by atoms with Crippen molar-refractivity contribution in [2.45, 2.75) is 6.10 Å². The number of rotatable bonds is 5. The van der Waals surface area contributed by atoms with E-state index in [9.17, 15) is 0 Å².